The van der Waals surface area contributed by atoms with Gasteiger partial charge >= 0.3 is 0 Å². The van der Waals surface area contributed by atoms with E-state index in [1.54, 1.807) is 42.5 Å². The van der Waals surface area contributed by atoms with Gasteiger partial charge in [0, 0.05) is 27.2 Å². The lowest BCUT2D eigenvalue weighted by atomic mass is 10.0. The van der Waals surface area contributed by atoms with Crippen molar-refractivity contribution >= 4 is 34.0 Å². The lowest BCUT2D eigenvalue weighted by Gasteiger charge is -1.99. The summed E-state index contributed by atoms with van der Waals surface area (Å²) in [5.74, 6) is 0.182. The fourth-order valence-electron chi connectivity index (χ4n) is 2.18. The van der Waals surface area contributed by atoms with Gasteiger partial charge in [-0.15, -0.1) is 0 Å². The average molecular weight is 286 g/mol. The van der Waals surface area contributed by atoms with E-state index in [4.69, 9.17) is 21.8 Å². The molecule has 0 aliphatic carbocycles. The number of hydrogen-bond donors (Lipinski definition) is 1. The molecule has 4 heteroatoms. The Balaban J connectivity index is 2.12. The van der Waals surface area contributed by atoms with E-state index in [0.717, 1.165) is 10.9 Å². The molecule has 3 nitrogen and oxygen atoms in total. The summed E-state index contributed by atoms with van der Waals surface area (Å²) in [5.41, 5.74) is 8.25. The molecule has 0 radical (unpaired) electrons. The van der Waals surface area contributed by atoms with E-state index in [-0.39, 0.29) is 5.78 Å². The highest BCUT2D eigenvalue weighted by molar-refractivity contribution is 6.31. The Morgan fingerprint density at radius 3 is 2.55 bits per heavy atom. The lowest BCUT2D eigenvalue weighted by Crippen LogP contribution is -2.01. The summed E-state index contributed by atoms with van der Waals surface area (Å²) in [6.07, 6.45) is 0. The number of carbonyl (C=O) groups is 1. The van der Waals surface area contributed by atoms with E-state index in [1.807, 2.05) is 6.92 Å². The molecule has 0 aliphatic rings. The van der Waals surface area contributed by atoms with Gasteiger partial charge in [-0.05, 0) is 49.4 Å². The second-order valence-electron chi connectivity index (χ2n) is 4.65. The molecule has 0 atom stereocenters. The molecule has 100 valence electrons. The Labute approximate surface area is 120 Å². The standard InChI is InChI=1S/C16H12ClNO2/c1-9-13-8-11(17)4-7-14(13)20-16(9)15(19)10-2-5-12(18)6-3-10/h2-8H,18H2,1H3. The van der Waals surface area contributed by atoms with Gasteiger partial charge in [0.1, 0.15) is 5.58 Å². The van der Waals surface area contributed by atoms with E-state index < -0.39 is 0 Å². The first-order valence-corrected chi connectivity index (χ1v) is 6.53. The zero-order chi connectivity index (χ0) is 14.3. The minimum atomic E-state index is -0.158. The molecule has 1 heterocycles. The summed E-state index contributed by atoms with van der Waals surface area (Å²) in [7, 11) is 0. The van der Waals surface area contributed by atoms with Crippen molar-refractivity contribution in [3.8, 4) is 0 Å². The van der Waals surface area contributed by atoms with Crippen LogP contribution in [0.4, 0.5) is 5.69 Å². The second kappa shape index (κ2) is 4.69. The van der Waals surface area contributed by atoms with Crippen LogP contribution < -0.4 is 5.73 Å². The summed E-state index contributed by atoms with van der Waals surface area (Å²) in [6.45, 7) is 1.85. The van der Waals surface area contributed by atoms with Gasteiger partial charge in [0.25, 0.3) is 0 Å². The largest absolute Gasteiger partial charge is 0.452 e. The number of ketones is 1. The molecule has 0 bridgehead atoms. The van der Waals surface area contributed by atoms with Crippen LogP contribution in [0.3, 0.4) is 0 Å². The zero-order valence-electron chi connectivity index (χ0n) is 10.8. The molecule has 0 fully saturated rings. The number of rotatable bonds is 2. The number of hydrogen-bond acceptors (Lipinski definition) is 3. The molecule has 2 aromatic carbocycles. The monoisotopic (exact) mass is 285 g/mol. The topological polar surface area (TPSA) is 56.2 Å². The second-order valence-corrected chi connectivity index (χ2v) is 5.08. The number of nitrogens with two attached hydrogens (primary N) is 1. The van der Waals surface area contributed by atoms with Crippen LogP contribution in [0, 0.1) is 6.92 Å². The van der Waals surface area contributed by atoms with E-state index in [0.29, 0.717) is 27.6 Å². The minimum Gasteiger partial charge on any atom is -0.452 e. The number of halogens is 1. The zero-order valence-corrected chi connectivity index (χ0v) is 11.6. The van der Waals surface area contributed by atoms with Crippen molar-refractivity contribution in [1.82, 2.24) is 0 Å². The maximum absolute atomic E-state index is 12.5. The Hall–Kier alpha value is -2.26. The van der Waals surface area contributed by atoms with Gasteiger partial charge in [0.05, 0.1) is 0 Å². The molecular weight excluding hydrogens is 274 g/mol. The quantitative estimate of drug-likeness (QED) is 0.567. The van der Waals surface area contributed by atoms with Gasteiger partial charge in [-0.1, -0.05) is 11.6 Å². The molecule has 0 spiro atoms. The predicted octanol–water partition coefficient (Wildman–Crippen LogP) is 4.21. The molecule has 0 saturated heterocycles. The molecule has 1 aromatic heterocycles. The fourth-order valence-corrected chi connectivity index (χ4v) is 2.35. The Morgan fingerprint density at radius 1 is 1.15 bits per heavy atom. The number of furan rings is 1. The number of nitrogen functional groups attached to an aromatic ring is 1. The number of anilines is 1. The minimum absolute atomic E-state index is 0.158. The smallest absolute Gasteiger partial charge is 0.228 e. The van der Waals surface area contributed by atoms with Gasteiger partial charge in [-0.25, -0.2) is 0 Å². The molecule has 0 amide bonds. The maximum atomic E-state index is 12.5. The number of aryl methyl sites for hydroxylation is 1. The SMILES string of the molecule is Cc1c(C(=O)c2ccc(N)cc2)oc2ccc(Cl)cc12. The van der Waals surface area contributed by atoms with Crippen LogP contribution in [0.2, 0.25) is 5.02 Å². The van der Waals surface area contributed by atoms with Crippen molar-refractivity contribution < 1.29 is 9.21 Å². The van der Waals surface area contributed by atoms with Crippen LogP contribution in [0.15, 0.2) is 46.9 Å². The molecule has 3 aromatic rings. The van der Waals surface area contributed by atoms with Gasteiger partial charge in [0.2, 0.25) is 5.78 Å². The highest BCUT2D eigenvalue weighted by Crippen LogP contribution is 2.29. The Morgan fingerprint density at radius 2 is 1.85 bits per heavy atom. The number of fused-ring (bicyclic) bond motifs is 1. The van der Waals surface area contributed by atoms with Crippen LogP contribution in [-0.4, -0.2) is 5.78 Å². The van der Waals surface area contributed by atoms with Crippen molar-refractivity contribution in [1.29, 1.82) is 0 Å². The molecular formula is C16H12ClNO2. The van der Waals surface area contributed by atoms with Crippen LogP contribution in [0.1, 0.15) is 21.7 Å². The van der Waals surface area contributed by atoms with E-state index in [1.165, 1.54) is 0 Å². The van der Waals surface area contributed by atoms with Crippen LogP contribution in [0.25, 0.3) is 11.0 Å². The molecule has 0 aliphatic heterocycles. The molecule has 20 heavy (non-hydrogen) atoms. The number of carbonyl (C=O) groups excluding carboxylic acids is 1. The van der Waals surface area contributed by atoms with Gasteiger partial charge < -0.3 is 10.2 Å². The summed E-state index contributed by atoms with van der Waals surface area (Å²) in [4.78, 5) is 12.5. The van der Waals surface area contributed by atoms with Gasteiger partial charge in [-0.2, -0.15) is 0 Å². The first-order chi connectivity index (χ1) is 9.56. The maximum Gasteiger partial charge on any atom is 0.228 e. The summed E-state index contributed by atoms with van der Waals surface area (Å²) < 4.78 is 5.66. The lowest BCUT2D eigenvalue weighted by molar-refractivity contribution is 0.101. The molecule has 0 saturated carbocycles. The summed E-state index contributed by atoms with van der Waals surface area (Å²) in [6, 6.07) is 12.1. The van der Waals surface area contributed by atoms with Crippen LogP contribution in [-0.2, 0) is 0 Å². The molecule has 3 rings (SSSR count). The van der Waals surface area contributed by atoms with Crippen molar-refractivity contribution in [3.63, 3.8) is 0 Å². The van der Waals surface area contributed by atoms with E-state index in [2.05, 4.69) is 0 Å². The normalized spacial score (nSPS) is 10.9. The highest BCUT2D eigenvalue weighted by atomic mass is 35.5. The van der Waals surface area contributed by atoms with Gasteiger partial charge in [0.15, 0.2) is 5.76 Å². The third kappa shape index (κ3) is 2.06. The summed E-state index contributed by atoms with van der Waals surface area (Å²) >= 11 is 5.97. The predicted molar refractivity (Wildman–Crippen MR) is 80.2 cm³/mol. The van der Waals surface area contributed by atoms with Gasteiger partial charge in [-0.3, -0.25) is 4.79 Å². The Kier molecular flexibility index (Phi) is 2.99. The number of benzene rings is 2. The van der Waals surface area contributed by atoms with E-state index >= 15 is 0 Å². The molecule has 2 N–H and O–H groups in total. The summed E-state index contributed by atoms with van der Waals surface area (Å²) in [5, 5.41) is 1.48. The molecule has 0 unspecified atom stereocenters. The fraction of sp³-hybridized carbons (Fsp3) is 0.0625. The third-order valence-corrected chi connectivity index (χ3v) is 3.51. The van der Waals surface area contributed by atoms with Crippen LogP contribution >= 0.6 is 11.6 Å². The van der Waals surface area contributed by atoms with Crippen molar-refractivity contribution in [2.45, 2.75) is 6.92 Å². The first kappa shape index (κ1) is 12.8. The highest BCUT2D eigenvalue weighted by Gasteiger charge is 2.19. The third-order valence-electron chi connectivity index (χ3n) is 3.28. The average Bonchev–Trinajstić information content (AvgIpc) is 2.76. The van der Waals surface area contributed by atoms with Crippen molar-refractivity contribution in [2.24, 2.45) is 0 Å². The Bertz CT molecular complexity index is 803. The van der Waals surface area contributed by atoms with E-state index in [9.17, 15) is 4.79 Å². The van der Waals surface area contributed by atoms with Crippen molar-refractivity contribution in [2.75, 3.05) is 5.73 Å². The van der Waals surface area contributed by atoms with Crippen LogP contribution in [0.5, 0.6) is 0 Å². The van der Waals surface area contributed by atoms with Crippen molar-refractivity contribution in [3.05, 3.63) is 64.4 Å². The first-order valence-electron chi connectivity index (χ1n) is 6.15.